The third-order valence-corrected chi connectivity index (χ3v) is 5.78. The topological polar surface area (TPSA) is 50.2 Å². The monoisotopic (exact) mass is 271 g/mol. The smallest absolute Gasteiger partial charge is 0.335 e. The van der Waals surface area contributed by atoms with Crippen LogP contribution >= 0.6 is 0 Å². The van der Waals surface area contributed by atoms with Gasteiger partial charge in [0.25, 0.3) is 0 Å². The Balaban J connectivity index is 1.59. The van der Waals surface area contributed by atoms with E-state index in [1.807, 2.05) is 0 Å². The van der Waals surface area contributed by atoms with E-state index in [1.54, 1.807) is 18.3 Å². The number of aromatic nitrogens is 1. The lowest BCUT2D eigenvalue weighted by Crippen LogP contribution is -2.47. The first-order valence-electron chi connectivity index (χ1n) is 7.80. The lowest BCUT2D eigenvalue weighted by molar-refractivity contribution is -0.0526. The van der Waals surface area contributed by atoms with Gasteiger partial charge in [0.05, 0.1) is 5.56 Å². The van der Waals surface area contributed by atoms with E-state index < -0.39 is 5.97 Å². The van der Waals surface area contributed by atoms with E-state index in [1.165, 1.54) is 38.5 Å². The number of pyridine rings is 1. The summed E-state index contributed by atoms with van der Waals surface area (Å²) in [5.41, 5.74) is 1.78. The Morgan fingerprint density at radius 2 is 1.80 bits per heavy atom. The maximum absolute atomic E-state index is 11.1. The number of hydrogen-bond acceptors (Lipinski definition) is 2. The molecule has 0 aliphatic heterocycles. The minimum absolute atomic E-state index is 0.375. The van der Waals surface area contributed by atoms with Gasteiger partial charge in [-0.15, -0.1) is 0 Å². The van der Waals surface area contributed by atoms with Gasteiger partial charge in [-0.3, -0.25) is 4.98 Å². The second-order valence-corrected chi connectivity index (χ2v) is 7.44. The van der Waals surface area contributed by atoms with Crippen LogP contribution in [0.4, 0.5) is 0 Å². The molecule has 0 aromatic carbocycles. The van der Waals surface area contributed by atoms with Crippen LogP contribution in [0.15, 0.2) is 18.3 Å². The summed E-state index contributed by atoms with van der Waals surface area (Å²) >= 11 is 0. The number of carboxylic acid groups (broad SMARTS) is 1. The Kier molecular flexibility index (Phi) is 2.66. The zero-order chi connectivity index (χ0) is 13.7. The van der Waals surface area contributed by atoms with Crippen molar-refractivity contribution >= 4 is 5.97 Å². The van der Waals surface area contributed by atoms with Gasteiger partial charge >= 0.3 is 5.97 Å². The molecule has 0 saturated heterocycles. The second kappa shape index (κ2) is 4.31. The molecular weight excluding hydrogens is 250 g/mol. The summed E-state index contributed by atoms with van der Waals surface area (Å²) in [6.45, 7) is 0. The predicted octanol–water partition coefficient (Wildman–Crippen LogP) is 3.54. The van der Waals surface area contributed by atoms with Gasteiger partial charge in [0.1, 0.15) is 0 Å². The number of nitrogens with zero attached hydrogens (tertiary/aromatic N) is 1. The van der Waals surface area contributed by atoms with E-state index in [9.17, 15) is 4.79 Å². The van der Waals surface area contributed by atoms with Gasteiger partial charge in [0.15, 0.2) is 0 Å². The molecule has 3 nitrogen and oxygen atoms in total. The van der Waals surface area contributed by atoms with Crippen molar-refractivity contribution in [3.63, 3.8) is 0 Å². The quantitative estimate of drug-likeness (QED) is 0.914. The molecule has 20 heavy (non-hydrogen) atoms. The molecule has 0 atom stereocenters. The molecule has 5 rings (SSSR count). The van der Waals surface area contributed by atoms with Gasteiger partial charge in [-0.05, 0) is 80.2 Å². The van der Waals surface area contributed by atoms with E-state index in [0.29, 0.717) is 11.0 Å². The molecule has 4 aliphatic rings. The van der Waals surface area contributed by atoms with E-state index in [0.717, 1.165) is 29.9 Å². The second-order valence-electron chi connectivity index (χ2n) is 7.44. The molecule has 1 aromatic heterocycles. The molecule has 1 aromatic rings. The first kappa shape index (κ1) is 12.4. The Bertz CT molecular complexity index is 516. The van der Waals surface area contributed by atoms with Crippen LogP contribution in [0.5, 0.6) is 0 Å². The molecule has 0 unspecified atom stereocenters. The van der Waals surface area contributed by atoms with Gasteiger partial charge < -0.3 is 5.11 Å². The van der Waals surface area contributed by atoms with Crippen molar-refractivity contribution in [1.29, 1.82) is 0 Å². The minimum Gasteiger partial charge on any atom is -0.478 e. The van der Waals surface area contributed by atoms with Gasteiger partial charge in [-0.25, -0.2) is 4.79 Å². The first-order chi connectivity index (χ1) is 9.62. The summed E-state index contributed by atoms with van der Waals surface area (Å²) in [5, 5.41) is 9.11. The van der Waals surface area contributed by atoms with Crippen LogP contribution in [-0.2, 0) is 6.42 Å². The molecule has 0 amide bonds. The maximum Gasteiger partial charge on any atom is 0.335 e. The van der Waals surface area contributed by atoms with Crippen LogP contribution in [0.2, 0.25) is 0 Å². The standard InChI is InChI=1S/C17H21NO2/c19-16(20)14-1-2-18-15(6-14)10-17-7-11-3-12(8-17)5-13(4-11)9-17/h1-2,6,11-13H,3-5,7-10H2,(H,19,20). The van der Waals surface area contributed by atoms with Crippen LogP contribution in [0.1, 0.15) is 54.6 Å². The fourth-order valence-electron chi connectivity index (χ4n) is 5.60. The largest absolute Gasteiger partial charge is 0.478 e. The van der Waals surface area contributed by atoms with Crippen LogP contribution in [0.3, 0.4) is 0 Å². The normalized spacial score (nSPS) is 38.1. The highest BCUT2D eigenvalue weighted by molar-refractivity contribution is 5.87. The van der Waals surface area contributed by atoms with Crippen molar-refractivity contribution in [3.8, 4) is 0 Å². The molecule has 0 spiro atoms. The molecule has 106 valence electrons. The molecule has 0 radical (unpaired) electrons. The molecule has 1 N–H and O–H groups in total. The van der Waals surface area contributed by atoms with Crippen molar-refractivity contribution in [1.82, 2.24) is 4.98 Å². The third kappa shape index (κ3) is 2.04. The molecule has 1 heterocycles. The van der Waals surface area contributed by atoms with E-state index in [2.05, 4.69) is 4.98 Å². The Hall–Kier alpha value is -1.38. The van der Waals surface area contributed by atoms with Gasteiger partial charge in [0, 0.05) is 11.9 Å². The summed E-state index contributed by atoms with van der Waals surface area (Å²) in [4.78, 5) is 15.5. The van der Waals surface area contributed by atoms with Crippen molar-refractivity contribution in [3.05, 3.63) is 29.6 Å². The number of carbonyl (C=O) groups is 1. The highest BCUT2D eigenvalue weighted by Crippen LogP contribution is 2.60. The average Bonchev–Trinajstić information content (AvgIpc) is 2.36. The average molecular weight is 271 g/mol. The lowest BCUT2D eigenvalue weighted by Gasteiger charge is -2.57. The van der Waals surface area contributed by atoms with E-state index in [4.69, 9.17) is 5.11 Å². The van der Waals surface area contributed by atoms with Crippen LogP contribution < -0.4 is 0 Å². The van der Waals surface area contributed by atoms with Crippen LogP contribution in [0, 0.1) is 23.2 Å². The Labute approximate surface area is 119 Å². The minimum atomic E-state index is -0.848. The van der Waals surface area contributed by atoms with Gasteiger partial charge in [-0.2, -0.15) is 0 Å². The number of hydrogen-bond donors (Lipinski definition) is 1. The van der Waals surface area contributed by atoms with Crippen LogP contribution in [-0.4, -0.2) is 16.1 Å². The summed E-state index contributed by atoms with van der Waals surface area (Å²) < 4.78 is 0. The fourth-order valence-corrected chi connectivity index (χ4v) is 5.60. The highest BCUT2D eigenvalue weighted by Gasteiger charge is 2.50. The highest BCUT2D eigenvalue weighted by atomic mass is 16.4. The number of carboxylic acids is 1. The summed E-state index contributed by atoms with van der Waals surface area (Å²) in [6, 6.07) is 3.37. The van der Waals surface area contributed by atoms with Crippen molar-refractivity contribution in [2.45, 2.75) is 44.9 Å². The molecule has 3 heteroatoms. The number of aromatic carboxylic acids is 1. The van der Waals surface area contributed by atoms with Gasteiger partial charge in [0.2, 0.25) is 0 Å². The van der Waals surface area contributed by atoms with Crippen molar-refractivity contribution in [2.24, 2.45) is 23.2 Å². The molecular formula is C17H21NO2. The molecule has 4 saturated carbocycles. The third-order valence-electron chi connectivity index (χ3n) is 5.78. The Morgan fingerprint density at radius 3 is 2.35 bits per heavy atom. The molecule has 4 fully saturated rings. The number of rotatable bonds is 3. The van der Waals surface area contributed by atoms with E-state index >= 15 is 0 Å². The Morgan fingerprint density at radius 1 is 1.20 bits per heavy atom. The summed E-state index contributed by atoms with van der Waals surface area (Å²) in [6.07, 6.45) is 11.0. The van der Waals surface area contributed by atoms with Gasteiger partial charge in [-0.1, -0.05) is 0 Å². The first-order valence-corrected chi connectivity index (χ1v) is 7.80. The zero-order valence-corrected chi connectivity index (χ0v) is 11.7. The fraction of sp³-hybridized carbons (Fsp3) is 0.647. The van der Waals surface area contributed by atoms with Crippen molar-refractivity contribution < 1.29 is 9.90 Å². The predicted molar refractivity (Wildman–Crippen MR) is 75.5 cm³/mol. The maximum atomic E-state index is 11.1. The zero-order valence-electron chi connectivity index (χ0n) is 11.7. The lowest BCUT2D eigenvalue weighted by atomic mass is 9.48. The SMILES string of the molecule is O=C(O)c1ccnc(CC23CC4CC(CC(C4)C2)C3)c1. The van der Waals surface area contributed by atoms with Crippen LogP contribution in [0.25, 0.3) is 0 Å². The molecule has 4 bridgehead atoms. The molecule has 4 aliphatic carbocycles. The van der Waals surface area contributed by atoms with Crippen molar-refractivity contribution in [2.75, 3.05) is 0 Å². The van der Waals surface area contributed by atoms with E-state index in [-0.39, 0.29) is 0 Å². The summed E-state index contributed by atoms with van der Waals surface area (Å²) in [7, 11) is 0. The summed E-state index contributed by atoms with van der Waals surface area (Å²) in [5.74, 6) is 1.95.